The van der Waals surface area contributed by atoms with Gasteiger partial charge in [0.2, 0.25) is 0 Å². The number of nitrogens with zero attached hydrogens (tertiary/aromatic N) is 1. The Morgan fingerprint density at radius 1 is 1.30 bits per heavy atom. The highest BCUT2D eigenvalue weighted by Gasteiger charge is 2.07. The SMILES string of the molecule is CN(Cc1ccoc1)Cc1ccc(F)cc1C#CCN. The maximum Gasteiger partial charge on any atom is 0.124 e. The van der Waals surface area contributed by atoms with E-state index in [1.807, 2.05) is 13.1 Å². The molecule has 0 saturated heterocycles. The Balaban J connectivity index is 2.11. The summed E-state index contributed by atoms with van der Waals surface area (Å²) < 4.78 is 18.3. The fourth-order valence-electron chi connectivity index (χ4n) is 1.99. The van der Waals surface area contributed by atoms with E-state index < -0.39 is 0 Å². The van der Waals surface area contributed by atoms with Gasteiger partial charge in [-0.25, -0.2) is 4.39 Å². The van der Waals surface area contributed by atoms with Crippen LogP contribution >= 0.6 is 0 Å². The molecule has 2 rings (SSSR count). The molecule has 0 fully saturated rings. The molecule has 0 radical (unpaired) electrons. The van der Waals surface area contributed by atoms with Crippen molar-refractivity contribution in [1.29, 1.82) is 0 Å². The van der Waals surface area contributed by atoms with Gasteiger partial charge >= 0.3 is 0 Å². The lowest BCUT2D eigenvalue weighted by atomic mass is 10.1. The Hall–Kier alpha value is -2.09. The van der Waals surface area contributed by atoms with Crippen LogP contribution in [0.25, 0.3) is 0 Å². The van der Waals surface area contributed by atoms with Crippen molar-refractivity contribution in [2.45, 2.75) is 13.1 Å². The zero-order chi connectivity index (χ0) is 14.4. The molecule has 0 aliphatic carbocycles. The van der Waals surface area contributed by atoms with E-state index in [0.29, 0.717) is 12.1 Å². The Kier molecular flexibility index (Phi) is 4.94. The first-order valence-corrected chi connectivity index (χ1v) is 6.36. The number of hydrogen-bond acceptors (Lipinski definition) is 3. The molecule has 104 valence electrons. The number of nitrogens with two attached hydrogens (primary N) is 1. The average Bonchev–Trinajstić information content (AvgIpc) is 2.91. The Bertz CT molecular complexity index is 611. The van der Waals surface area contributed by atoms with Gasteiger partial charge in [-0.15, -0.1) is 0 Å². The monoisotopic (exact) mass is 272 g/mol. The van der Waals surface area contributed by atoms with Crippen LogP contribution in [0.4, 0.5) is 4.39 Å². The Morgan fingerprint density at radius 2 is 2.15 bits per heavy atom. The molecule has 1 heterocycles. The van der Waals surface area contributed by atoms with Gasteiger partial charge in [0, 0.05) is 24.2 Å². The summed E-state index contributed by atoms with van der Waals surface area (Å²) in [5, 5.41) is 0. The van der Waals surface area contributed by atoms with E-state index in [0.717, 1.165) is 17.7 Å². The first-order chi connectivity index (χ1) is 9.69. The molecule has 0 aliphatic heterocycles. The van der Waals surface area contributed by atoms with Gasteiger partial charge < -0.3 is 10.2 Å². The zero-order valence-electron chi connectivity index (χ0n) is 11.4. The van der Waals surface area contributed by atoms with Gasteiger partial charge in [-0.2, -0.15) is 0 Å². The molecule has 0 amide bonds. The van der Waals surface area contributed by atoms with E-state index >= 15 is 0 Å². The summed E-state index contributed by atoms with van der Waals surface area (Å²) in [5.41, 5.74) is 8.14. The van der Waals surface area contributed by atoms with Crippen LogP contribution in [0.15, 0.2) is 41.2 Å². The van der Waals surface area contributed by atoms with Crippen LogP contribution in [0, 0.1) is 17.7 Å². The fraction of sp³-hybridized carbons (Fsp3) is 0.250. The molecule has 2 N–H and O–H groups in total. The predicted molar refractivity (Wildman–Crippen MR) is 76.2 cm³/mol. The van der Waals surface area contributed by atoms with E-state index in [-0.39, 0.29) is 12.4 Å². The number of rotatable bonds is 4. The molecule has 20 heavy (non-hydrogen) atoms. The third kappa shape index (κ3) is 3.95. The van der Waals surface area contributed by atoms with Gasteiger partial charge in [0.1, 0.15) is 5.82 Å². The molecule has 0 atom stereocenters. The van der Waals surface area contributed by atoms with Gasteiger partial charge in [-0.1, -0.05) is 17.9 Å². The molecular formula is C16H17FN2O. The van der Waals surface area contributed by atoms with Crippen LogP contribution in [-0.4, -0.2) is 18.5 Å². The summed E-state index contributed by atoms with van der Waals surface area (Å²) in [7, 11) is 2.00. The number of furan rings is 1. The summed E-state index contributed by atoms with van der Waals surface area (Å²) in [5.74, 6) is 5.40. The van der Waals surface area contributed by atoms with Crippen molar-refractivity contribution < 1.29 is 8.81 Å². The second-order valence-corrected chi connectivity index (χ2v) is 4.61. The molecular weight excluding hydrogens is 255 g/mol. The van der Waals surface area contributed by atoms with Gasteiger partial charge in [-0.3, -0.25) is 4.90 Å². The van der Waals surface area contributed by atoms with Crippen LogP contribution in [0.3, 0.4) is 0 Å². The first-order valence-electron chi connectivity index (χ1n) is 6.36. The van der Waals surface area contributed by atoms with Crippen molar-refractivity contribution in [2.75, 3.05) is 13.6 Å². The van der Waals surface area contributed by atoms with Gasteiger partial charge in [0.15, 0.2) is 0 Å². The minimum absolute atomic E-state index is 0.265. The minimum atomic E-state index is -0.285. The quantitative estimate of drug-likeness (QED) is 0.869. The molecule has 4 heteroatoms. The van der Waals surface area contributed by atoms with Crippen LogP contribution in [-0.2, 0) is 13.1 Å². The van der Waals surface area contributed by atoms with Crippen molar-refractivity contribution >= 4 is 0 Å². The average molecular weight is 272 g/mol. The normalized spacial score (nSPS) is 10.4. The Labute approximate surface area is 118 Å². The van der Waals surface area contributed by atoms with Crippen LogP contribution in [0.5, 0.6) is 0 Å². The summed E-state index contributed by atoms with van der Waals surface area (Å²) >= 11 is 0. The van der Waals surface area contributed by atoms with Crippen molar-refractivity contribution in [3.8, 4) is 11.8 Å². The van der Waals surface area contributed by atoms with Crippen molar-refractivity contribution in [2.24, 2.45) is 5.73 Å². The lowest BCUT2D eigenvalue weighted by Crippen LogP contribution is -2.17. The van der Waals surface area contributed by atoms with Crippen molar-refractivity contribution in [3.63, 3.8) is 0 Å². The molecule has 0 aliphatic rings. The largest absolute Gasteiger partial charge is 0.472 e. The van der Waals surface area contributed by atoms with E-state index in [1.165, 1.54) is 12.1 Å². The van der Waals surface area contributed by atoms with E-state index in [1.54, 1.807) is 18.6 Å². The summed E-state index contributed by atoms with van der Waals surface area (Å²) in [6, 6.07) is 6.59. The highest BCUT2D eigenvalue weighted by Crippen LogP contribution is 2.14. The van der Waals surface area contributed by atoms with Gasteiger partial charge in [-0.05, 0) is 30.8 Å². The number of hydrogen-bond donors (Lipinski definition) is 1. The van der Waals surface area contributed by atoms with Crippen molar-refractivity contribution in [1.82, 2.24) is 4.90 Å². The maximum atomic E-state index is 13.3. The molecule has 0 bridgehead atoms. The lowest BCUT2D eigenvalue weighted by Gasteiger charge is -2.16. The van der Waals surface area contributed by atoms with Gasteiger partial charge in [0.05, 0.1) is 19.1 Å². The molecule has 0 saturated carbocycles. The summed E-state index contributed by atoms with van der Waals surface area (Å²) in [6.07, 6.45) is 3.37. The molecule has 2 aromatic rings. The first kappa shape index (κ1) is 14.3. The highest BCUT2D eigenvalue weighted by atomic mass is 19.1. The smallest absolute Gasteiger partial charge is 0.124 e. The molecule has 1 aromatic heterocycles. The maximum absolute atomic E-state index is 13.3. The minimum Gasteiger partial charge on any atom is -0.472 e. The molecule has 0 spiro atoms. The molecule has 0 unspecified atom stereocenters. The van der Waals surface area contributed by atoms with Crippen LogP contribution < -0.4 is 5.73 Å². The highest BCUT2D eigenvalue weighted by molar-refractivity contribution is 5.41. The van der Waals surface area contributed by atoms with Crippen molar-refractivity contribution in [3.05, 3.63) is 59.3 Å². The second kappa shape index (κ2) is 6.90. The fourth-order valence-corrected chi connectivity index (χ4v) is 1.99. The van der Waals surface area contributed by atoms with E-state index in [2.05, 4.69) is 16.7 Å². The zero-order valence-corrected chi connectivity index (χ0v) is 11.4. The van der Waals surface area contributed by atoms with Crippen LogP contribution in [0.2, 0.25) is 0 Å². The summed E-state index contributed by atoms with van der Waals surface area (Å²) in [6.45, 7) is 1.71. The third-order valence-corrected chi connectivity index (χ3v) is 2.87. The van der Waals surface area contributed by atoms with Crippen LogP contribution in [0.1, 0.15) is 16.7 Å². The van der Waals surface area contributed by atoms with E-state index in [9.17, 15) is 4.39 Å². The summed E-state index contributed by atoms with van der Waals surface area (Å²) in [4.78, 5) is 2.12. The number of benzene rings is 1. The molecule has 3 nitrogen and oxygen atoms in total. The number of halogens is 1. The van der Waals surface area contributed by atoms with Gasteiger partial charge in [0.25, 0.3) is 0 Å². The topological polar surface area (TPSA) is 42.4 Å². The predicted octanol–water partition coefficient (Wildman–Crippen LogP) is 2.36. The third-order valence-electron chi connectivity index (χ3n) is 2.87. The van der Waals surface area contributed by atoms with E-state index in [4.69, 9.17) is 10.2 Å². The standard InChI is InChI=1S/C16H17FN2O/c1-19(10-13-6-8-20-12-13)11-15-4-5-16(17)9-14(15)3-2-7-18/h4-6,8-9,12H,7,10-11,18H2,1H3. The second-order valence-electron chi connectivity index (χ2n) is 4.61. The molecule has 1 aromatic carbocycles. The Morgan fingerprint density at radius 3 is 2.85 bits per heavy atom. The lowest BCUT2D eigenvalue weighted by molar-refractivity contribution is 0.317.